The molecule has 2 aromatic rings. The van der Waals surface area contributed by atoms with Crippen molar-refractivity contribution >= 4 is 17.4 Å². The van der Waals surface area contributed by atoms with Crippen LogP contribution >= 0.6 is 11.8 Å². The Bertz CT molecular complexity index is 750. The third kappa shape index (κ3) is 4.29. The van der Waals surface area contributed by atoms with Crippen molar-refractivity contribution in [3.63, 3.8) is 0 Å². The zero-order valence-electron chi connectivity index (χ0n) is 14.0. The summed E-state index contributed by atoms with van der Waals surface area (Å²) in [5.41, 5.74) is 1.54. The molecule has 0 aliphatic carbocycles. The van der Waals surface area contributed by atoms with Crippen LogP contribution in [0.2, 0.25) is 0 Å². The number of benzene rings is 1. The van der Waals surface area contributed by atoms with Gasteiger partial charge < -0.3 is 14.0 Å². The van der Waals surface area contributed by atoms with Crippen LogP contribution in [-0.4, -0.2) is 26.5 Å². The predicted octanol–water partition coefficient (Wildman–Crippen LogP) is 3.54. The van der Waals surface area contributed by atoms with E-state index in [9.17, 15) is 10.1 Å². The Kier molecular flexibility index (Phi) is 5.87. The van der Waals surface area contributed by atoms with Crippen LogP contribution in [0.3, 0.4) is 0 Å². The van der Waals surface area contributed by atoms with Crippen LogP contribution < -0.4 is 4.74 Å². The molecule has 0 fully saturated rings. The minimum Gasteiger partial charge on any atom is -0.467 e. The zero-order valence-corrected chi connectivity index (χ0v) is 14.8. The number of nitrogens with zero attached hydrogens (tertiary/aromatic N) is 4. The Labute approximate surface area is 149 Å². The van der Waals surface area contributed by atoms with Gasteiger partial charge >= 0.3 is 0 Å². The molecule has 0 radical (unpaired) electrons. The summed E-state index contributed by atoms with van der Waals surface area (Å²) in [7, 11) is 0. The lowest BCUT2D eigenvalue weighted by Gasteiger charge is -2.20. The molecule has 0 amide bonds. The first kappa shape index (κ1) is 17.7. The van der Waals surface area contributed by atoms with E-state index < -0.39 is 4.92 Å². The Morgan fingerprint density at radius 1 is 1.40 bits per heavy atom. The standard InChI is InChI=1S/C16H20N4O4S/c1-2-3-4-5-19-10-17-18-16(19)25-9-13-7-14(20(21)22)6-12-8-23-11-24-15(12)13/h6-7,10H,2-5,8-9,11H2,1H3. The van der Waals surface area contributed by atoms with E-state index in [1.807, 2.05) is 4.57 Å². The highest BCUT2D eigenvalue weighted by molar-refractivity contribution is 7.98. The molecule has 25 heavy (non-hydrogen) atoms. The molecule has 1 aliphatic rings. The molecule has 0 saturated carbocycles. The monoisotopic (exact) mass is 364 g/mol. The van der Waals surface area contributed by atoms with Crippen molar-refractivity contribution in [2.75, 3.05) is 6.79 Å². The van der Waals surface area contributed by atoms with Crippen LogP contribution in [0.25, 0.3) is 0 Å². The molecule has 9 heteroatoms. The molecule has 0 bridgehead atoms. The second kappa shape index (κ2) is 8.30. The third-order valence-electron chi connectivity index (χ3n) is 3.92. The fourth-order valence-electron chi connectivity index (χ4n) is 2.68. The van der Waals surface area contributed by atoms with Crippen molar-refractivity contribution in [2.24, 2.45) is 0 Å². The van der Waals surface area contributed by atoms with E-state index in [0.717, 1.165) is 36.5 Å². The highest BCUT2D eigenvalue weighted by Crippen LogP contribution is 2.35. The van der Waals surface area contributed by atoms with Crippen LogP contribution in [0.1, 0.15) is 37.3 Å². The fraction of sp³-hybridized carbons (Fsp3) is 0.500. The van der Waals surface area contributed by atoms with Gasteiger partial charge in [0.1, 0.15) is 12.1 Å². The molecule has 3 rings (SSSR count). The maximum Gasteiger partial charge on any atom is 0.270 e. The molecule has 0 spiro atoms. The van der Waals surface area contributed by atoms with Crippen molar-refractivity contribution in [3.8, 4) is 5.75 Å². The molecule has 1 aromatic heterocycles. The molecule has 0 saturated heterocycles. The van der Waals surface area contributed by atoms with Gasteiger partial charge in [-0.3, -0.25) is 10.1 Å². The second-order valence-electron chi connectivity index (χ2n) is 5.76. The van der Waals surface area contributed by atoms with Gasteiger partial charge in [-0.05, 0) is 6.42 Å². The molecule has 1 aliphatic heterocycles. The van der Waals surface area contributed by atoms with Gasteiger partial charge in [0, 0.05) is 35.6 Å². The van der Waals surface area contributed by atoms with Crippen LogP contribution in [0.5, 0.6) is 5.75 Å². The lowest BCUT2D eigenvalue weighted by atomic mass is 10.1. The van der Waals surface area contributed by atoms with Crippen molar-refractivity contribution in [1.29, 1.82) is 0 Å². The summed E-state index contributed by atoms with van der Waals surface area (Å²) in [5.74, 6) is 1.21. The van der Waals surface area contributed by atoms with Crippen molar-refractivity contribution < 1.29 is 14.4 Å². The summed E-state index contributed by atoms with van der Waals surface area (Å²) in [6, 6.07) is 3.07. The number of thioether (sulfide) groups is 1. The van der Waals surface area contributed by atoms with Crippen molar-refractivity contribution in [1.82, 2.24) is 14.8 Å². The fourth-order valence-corrected chi connectivity index (χ4v) is 3.59. The molecular formula is C16H20N4O4S. The molecule has 134 valence electrons. The quantitative estimate of drug-likeness (QED) is 0.306. The third-order valence-corrected chi connectivity index (χ3v) is 4.95. The summed E-state index contributed by atoms with van der Waals surface area (Å²) >= 11 is 1.50. The Hall–Kier alpha value is -2.13. The molecule has 2 heterocycles. The number of aromatic nitrogens is 3. The van der Waals surface area contributed by atoms with Crippen LogP contribution in [0, 0.1) is 10.1 Å². The van der Waals surface area contributed by atoms with Crippen molar-refractivity contribution in [3.05, 3.63) is 39.7 Å². The molecule has 0 unspecified atom stereocenters. The molecule has 8 nitrogen and oxygen atoms in total. The summed E-state index contributed by atoms with van der Waals surface area (Å²) in [5, 5.41) is 20.1. The van der Waals surface area contributed by atoms with Gasteiger partial charge in [0.15, 0.2) is 11.9 Å². The first-order valence-electron chi connectivity index (χ1n) is 8.20. The van der Waals surface area contributed by atoms with E-state index in [4.69, 9.17) is 9.47 Å². The minimum atomic E-state index is -0.393. The second-order valence-corrected chi connectivity index (χ2v) is 6.71. The highest BCUT2D eigenvalue weighted by Gasteiger charge is 2.21. The van der Waals surface area contributed by atoms with Gasteiger partial charge in [0.25, 0.3) is 5.69 Å². The Morgan fingerprint density at radius 3 is 3.08 bits per heavy atom. The van der Waals surface area contributed by atoms with Crippen molar-refractivity contribution in [2.45, 2.75) is 50.2 Å². The van der Waals surface area contributed by atoms with Gasteiger partial charge in [-0.25, -0.2) is 0 Å². The van der Waals surface area contributed by atoms with Gasteiger partial charge in [-0.2, -0.15) is 0 Å². The van der Waals surface area contributed by atoms with Gasteiger partial charge in [0.05, 0.1) is 11.5 Å². The van der Waals surface area contributed by atoms with Crippen LogP contribution in [-0.2, 0) is 23.6 Å². The van der Waals surface area contributed by atoms with E-state index in [1.165, 1.54) is 17.8 Å². The predicted molar refractivity (Wildman–Crippen MR) is 92.5 cm³/mol. The number of ether oxygens (including phenoxy) is 2. The van der Waals surface area contributed by atoms with E-state index in [0.29, 0.717) is 23.7 Å². The largest absolute Gasteiger partial charge is 0.467 e. The summed E-state index contributed by atoms with van der Waals surface area (Å²) < 4.78 is 12.8. The average molecular weight is 364 g/mol. The first-order valence-corrected chi connectivity index (χ1v) is 9.19. The first-order chi connectivity index (χ1) is 12.2. The molecule has 1 aromatic carbocycles. The number of non-ortho nitro benzene ring substituents is 1. The Morgan fingerprint density at radius 2 is 2.28 bits per heavy atom. The number of nitro groups is 1. The van der Waals surface area contributed by atoms with Gasteiger partial charge in [-0.1, -0.05) is 31.5 Å². The number of fused-ring (bicyclic) bond motifs is 1. The van der Waals surface area contributed by atoms with E-state index in [2.05, 4.69) is 17.1 Å². The molecule has 0 atom stereocenters. The summed E-state index contributed by atoms with van der Waals surface area (Å²) in [6.07, 6.45) is 5.12. The SMILES string of the molecule is CCCCCn1cnnc1SCc1cc([N+](=O)[O-])cc2c1OCOC2. The summed E-state index contributed by atoms with van der Waals surface area (Å²) in [6.45, 7) is 3.52. The summed E-state index contributed by atoms with van der Waals surface area (Å²) in [4.78, 5) is 10.8. The van der Waals surface area contributed by atoms with E-state index in [-0.39, 0.29) is 12.5 Å². The van der Waals surface area contributed by atoms with E-state index in [1.54, 1.807) is 12.4 Å². The molecule has 0 N–H and O–H groups in total. The average Bonchev–Trinajstić information content (AvgIpc) is 3.07. The minimum absolute atomic E-state index is 0.0489. The lowest BCUT2D eigenvalue weighted by molar-refractivity contribution is -0.385. The maximum absolute atomic E-state index is 11.2. The number of nitro benzene ring substituents is 1. The van der Waals surface area contributed by atoms with Crippen LogP contribution in [0.15, 0.2) is 23.6 Å². The number of hydrogen-bond acceptors (Lipinski definition) is 7. The van der Waals surface area contributed by atoms with Crippen LogP contribution in [0.4, 0.5) is 5.69 Å². The zero-order chi connectivity index (χ0) is 17.6. The number of unbranched alkanes of at least 4 members (excludes halogenated alkanes) is 2. The lowest BCUT2D eigenvalue weighted by Crippen LogP contribution is -2.13. The topological polar surface area (TPSA) is 92.3 Å². The molecular weight excluding hydrogens is 344 g/mol. The van der Waals surface area contributed by atoms with Gasteiger partial charge in [-0.15, -0.1) is 10.2 Å². The normalized spacial score (nSPS) is 13.3. The Balaban J connectivity index is 1.76. The highest BCUT2D eigenvalue weighted by atomic mass is 32.2. The number of hydrogen-bond donors (Lipinski definition) is 0. The van der Waals surface area contributed by atoms with E-state index >= 15 is 0 Å². The number of rotatable bonds is 8. The number of aryl methyl sites for hydroxylation is 1. The smallest absolute Gasteiger partial charge is 0.270 e. The van der Waals surface area contributed by atoms with Gasteiger partial charge in [0.2, 0.25) is 0 Å². The maximum atomic E-state index is 11.2.